The van der Waals surface area contributed by atoms with Gasteiger partial charge in [-0.3, -0.25) is 0 Å². The van der Waals surface area contributed by atoms with Crippen LogP contribution in [-0.4, -0.2) is 16.1 Å². The van der Waals surface area contributed by atoms with Crippen molar-refractivity contribution < 1.29 is 0 Å². The zero-order chi connectivity index (χ0) is 10.7. The number of hydrogen-bond donors (Lipinski definition) is 1. The maximum atomic E-state index is 4.04. The molecule has 80 valence electrons. The fourth-order valence-electron chi connectivity index (χ4n) is 1.69. The van der Waals surface area contributed by atoms with Crippen LogP contribution in [0.3, 0.4) is 0 Å². The van der Waals surface area contributed by atoms with Gasteiger partial charge < -0.3 is 9.88 Å². The molecule has 0 atom stereocenters. The molecule has 0 bridgehead atoms. The molecule has 0 radical (unpaired) electrons. The van der Waals surface area contributed by atoms with Gasteiger partial charge in [-0.1, -0.05) is 19.9 Å². The lowest BCUT2D eigenvalue weighted by Crippen LogP contribution is -2.21. The molecular weight excluding hydrogens is 186 g/mol. The minimum absolute atomic E-state index is 0.602. The van der Waals surface area contributed by atoms with Crippen LogP contribution in [-0.2, 0) is 6.54 Å². The summed E-state index contributed by atoms with van der Waals surface area (Å²) in [6.45, 7) is 6.27. The Kier molecular flexibility index (Phi) is 2.90. The van der Waals surface area contributed by atoms with Crippen molar-refractivity contribution in [2.45, 2.75) is 20.4 Å². The predicted molar refractivity (Wildman–Crippen MR) is 61.2 cm³/mol. The van der Waals surface area contributed by atoms with Crippen molar-refractivity contribution in [3.8, 4) is 0 Å². The van der Waals surface area contributed by atoms with Gasteiger partial charge in [-0.25, -0.2) is 4.98 Å². The highest BCUT2D eigenvalue weighted by molar-refractivity contribution is 5.28. The largest absolute Gasteiger partial charge is 0.383 e. The van der Waals surface area contributed by atoms with Gasteiger partial charge in [0.2, 0.25) is 0 Å². The smallest absolute Gasteiger partial charge is 0.0949 e. The lowest BCUT2D eigenvalue weighted by Gasteiger charge is -2.18. The summed E-state index contributed by atoms with van der Waals surface area (Å²) in [5.74, 6) is 0.602. The molecule has 1 aromatic heterocycles. The summed E-state index contributed by atoms with van der Waals surface area (Å²) in [6, 6.07) is 0. The first-order chi connectivity index (χ1) is 7.25. The number of nitrogens with zero attached hydrogens (tertiary/aromatic N) is 2. The van der Waals surface area contributed by atoms with Gasteiger partial charge in [0.1, 0.15) is 0 Å². The van der Waals surface area contributed by atoms with E-state index in [-0.39, 0.29) is 0 Å². The van der Waals surface area contributed by atoms with Gasteiger partial charge in [0.15, 0.2) is 0 Å². The summed E-state index contributed by atoms with van der Waals surface area (Å²) in [6.07, 6.45) is 10.1. The fourth-order valence-corrected chi connectivity index (χ4v) is 1.69. The summed E-state index contributed by atoms with van der Waals surface area (Å²) in [5, 5.41) is 3.38. The van der Waals surface area contributed by atoms with Crippen molar-refractivity contribution in [1.82, 2.24) is 14.9 Å². The molecule has 3 nitrogen and oxygen atoms in total. The summed E-state index contributed by atoms with van der Waals surface area (Å²) in [5.41, 5.74) is 2.68. The molecule has 0 aromatic carbocycles. The summed E-state index contributed by atoms with van der Waals surface area (Å²) in [7, 11) is 0. The van der Waals surface area contributed by atoms with Gasteiger partial charge in [0, 0.05) is 24.6 Å². The first-order valence-corrected chi connectivity index (χ1v) is 5.36. The first kappa shape index (κ1) is 10.0. The second kappa shape index (κ2) is 4.34. The summed E-state index contributed by atoms with van der Waals surface area (Å²) >= 11 is 0. The van der Waals surface area contributed by atoms with E-state index in [1.807, 2.05) is 18.7 Å². The maximum absolute atomic E-state index is 4.04. The minimum Gasteiger partial charge on any atom is -0.383 e. The second-order valence-corrected chi connectivity index (χ2v) is 4.14. The van der Waals surface area contributed by atoms with Gasteiger partial charge in [-0.05, 0) is 17.6 Å². The molecule has 0 unspecified atom stereocenters. The molecule has 0 saturated carbocycles. The maximum Gasteiger partial charge on any atom is 0.0949 e. The SMILES string of the molecule is CC(C)C1=CCNC(Cn2ccnc2)=C1. The number of aromatic nitrogens is 2. The highest BCUT2D eigenvalue weighted by atomic mass is 15.0. The Balaban J connectivity index is 2.07. The quantitative estimate of drug-likeness (QED) is 0.813. The van der Waals surface area contributed by atoms with E-state index in [2.05, 4.69) is 40.9 Å². The molecule has 0 spiro atoms. The van der Waals surface area contributed by atoms with E-state index in [1.165, 1.54) is 11.3 Å². The zero-order valence-corrected chi connectivity index (χ0v) is 9.27. The number of hydrogen-bond acceptors (Lipinski definition) is 2. The third kappa shape index (κ3) is 2.49. The average Bonchev–Trinajstić information content (AvgIpc) is 2.71. The Bertz CT molecular complexity index is 372. The standard InChI is InChI=1S/C12H17N3/c1-10(2)11-3-4-14-12(7-11)8-15-6-5-13-9-15/h3,5-7,9-10,14H,4,8H2,1-2H3. The van der Waals surface area contributed by atoms with Gasteiger partial charge in [-0.15, -0.1) is 0 Å². The van der Waals surface area contributed by atoms with Crippen LogP contribution in [0.5, 0.6) is 0 Å². The molecule has 2 heterocycles. The Morgan fingerprint density at radius 1 is 1.53 bits per heavy atom. The average molecular weight is 203 g/mol. The molecule has 1 aliphatic rings. The van der Waals surface area contributed by atoms with Crippen LogP contribution < -0.4 is 5.32 Å². The number of imidazole rings is 1. The number of allylic oxidation sites excluding steroid dienone is 3. The molecule has 0 amide bonds. The monoisotopic (exact) mass is 203 g/mol. The summed E-state index contributed by atoms with van der Waals surface area (Å²) in [4.78, 5) is 4.04. The third-order valence-corrected chi connectivity index (χ3v) is 2.59. The van der Waals surface area contributed by atoms with E-state index in [4.69, 9.17) is 0 Å². The van der Waals surface area contributed by atoms with E-state index in [0.717, 1.165) is 13.1 Å². The Morgan fingerprint density at radius 3 is 3.07 bits per heavy atom. The third-order valence-electron chi connectivity index (χ3n) is 2.59. The van der Waals surface area contributed by atoms with Gasteiger partial charge in [0.05, 0.1) is 12.9 Å². The molecular formula is C12H17N3. The molecule has 15 heavy (non-hydrogen) atoms. The highest BCUT2D eigenvalue weighted by Crippen LogP contribution is 2.16. The zero-order valence-electron chi connectivity index (χ0n) is 9.27. The molecule has 1 aliphatic heterocycles. The van der Waals surface area contributed by atoms with Crippen molar-refractivity contribution in [1.29, 1.82) is 0 Å². The van der Waals surface area contributed by atoms with Gasteiger partial charge >= 0.3 is 0 Å². The van der Waals surface area contributed by atoms with Crippen molar-refractivity contribution in [3.05, 3.63) is 42.1 Å². The minimum atomic E-state index is 0.602. The van der Waals surface area contributed by atoms with Crippen LogP contribution in [0.15, 0.2) is 42.1 Å². The summed E-state index contributed by atoms with van der Waals surface area (Å²) < 4.78 is 2.07. The predicted octanol–water partition coefficient (Wildman–Crippen LogP) is 1.95. The molecule has 0 fully saturated rings. The lowest BCUT2D eigenvalue weighted by atomic mass is 10.00. The van der Waals surface area contributed by atoms with Crippen LogP contribution >= 0.6 is 0 Å². The highest BCUT2D eigenvalue weighted by Gasteiger charge is 2.07. The van der Waals surface area contributed by atoms with E-state index >= 15 is 0 Å². The number of dihydropyridines is 1. The van der Waals surface area contributed by atoms with Crippen LogP contribution in [0.2, 0.25) is 0 Å². The number of rotatable bonds is 3. The fraction of sp³-hybridized carbons (Fsp3) is 0.417. The van der Waals surface area contributed by atoms with E-state index in [9.17, 15) is 0 Å². The molecule has 3 heteroatoms. The van der Waals surface area contributed by atoms with Crippen LogP contribution in [0, 0.1) is 5.92 Å². The van der Waals surface area contributed by atoms with Crippen LogP contribution in [0.4, 0.5) is 0 Å². The van der Waals surface area contributed by atoms with Crippen LogP contribution in [0.1, 0.15) is 13.8 Å². The van der Waals surface area contributed by atoms with E-state index < -0.39 is 0 Å². The van der Waals surface area contributed by atoms with Crippen molar-refractivity contribution in [2.75, 3.05) is 6.54 Å². The van der Waals surface area contributed by atoms with Crippen LogP contribution in [0.25, 0.3) is 0 Å². The lowest BCUT2D eigenvalue weighted by molar-refractivity contribution is 0.685. The Hall–Kier alpha value is -1.51. The van der Waals surface area contributed by atoms with E-state index in [1.54, 1.807) is 0 Å². The van der Waals surface area contributed by atoms with Gasteiger partial charge in [-0.2, -0.15) is 0 Å². The van der Waals surface area contributed by atoms with Crippen molar-refractivity contribution >= 4 is 0 Å². The molecule has 1 aromatic rings. The Morgan fingerprint density at radius 2 is 2.40 bits per heavy atom. The van der Waals surface area contributed by atoms with E-state index in [0.29, 0.717) is 5.92 Å². The molecule has 0 aliphatic carbocycles. The molecule has 2 rings (SSSR count). The second-order valence-electron chi connectivity index (χ2n) is 4.14. The normalized spacial score (nSPS) is 15.9. The molecule has 1 N–H and O–H groups in total. The molecule has 0 saturated heterocycles. The van der Waals surface area contributed by atoms with Gasteiger partial charge in [0.25, 0.3) is 0 Å². The first-order valence-electron chi connectivity index (χ1n) is 5.36. The Labute approximate surface area is 90.5 Å². The number of nitrogens with one attached hydrogen (secondary N) is 1. The topological polar surface area (TPSA) is 29.9 Å². The van der Waals surface area contributed by atoms with Crippen molar-refractivity contribution in [3.63, 3.8) is 0 Å². The van der Waals surface area contributed by atoms with Crippen molar-refractivity contribution in [2.24, 2.45) is 5.92 Å².